The molecule has 6 heteroatoms. The fraction of sp³-hybridized carbons (Fsp3) is 0.292. The molecule has 0 fully saturated rings. The van der Waals surface area contributed by atoms with Gasteiger partial charge in [-0.25, -0.2) is 4.98 Å². The molecule has 0 radical (unpaired) electrons. The second-order valence-electron chi connectivity index (χ2n) is 8.74. The fourth-order valence-electron chi connectivity index (χ4n) is 3.55. The van der Waals surface area contributed by atoms with Crippen molar-refractivity contribution in [2.45, 2.75) is 46.6 Å². The fourth-order valence-corrected chi connectivity index (χ4v) is 3.55. The summed E-state index contributed by atoms with van der Waals surface area (Å²) in [6.07, 6.45) is 0. The van der Waals surface area contributed by atoms with Crippen molar-refractivity contribution in [3.63, 3.8) is 0 Å². The first-order valence-corrected chi connectivity index (χ1v) is 10.1. The van der Waals surface area contributed by atoms with Crippen LogP contribution in [0.1, 0.15) is 43.2 Å². The summed E-state index contributed by atoms with van der Waals surface area (Å²) in [5.41, 5.74) is 6.12. The number of aryl methyl sites for hydroxylation is 2. The van der Waals surface area contributed by atoms with E-state index >= 15 is 0 Å². The number of fused-ring (bicyclic) bond motifs is 1. The van der Waals surface area contributed by atoms with Crippen LogP contribution >= 0.6 is 0 Å². The zero-order valence-electron chi connectivity index (χ0n) is 18.1. The molecule has 0 aliphatic rings. The maximum Gasteiger partial charge on any atom is 0.274 e. The van der Waals surface area contributed by atoms with Gasteiger partial charge in [-0.1, -0.05) is 63.2 Å². The first-order valence-electron chi connectivity index (χ1n) is 10.1. The predicted octanol–water partition coefficient (Wildman–Crippen LogP) is 4.61. The molecule has 0 aliphatic heterocycles. The minimum Gasteiger partial charge on any atom is -0.379 e. The van der Waals surface area contributed by atoms with Gasteiger partial charge in [0, 0.05) is 17.3 Å². The first-order chi connectivity index (χ1) is 14.2. The molecule has 0 aliphatic carbocycles. The molecule has 0 spiro atoms. The summed E-state index contributed by atoms with van der Waals surface area (Å²) in [6.45, 7) is 11.1. The first kappa shape index (κ1) is 19.9. The van der Waals surface area contributed by atoms with Crippen LogP contribution in [0.15, 0.2) is 53.3 Å². The number of nitrogens with zero attached hydrogens (tertiary/aromatic N) is 3. The van der Waals surface area contributed by atoms with E-state index in [2.05, 4.69) is 79.3 Å². The molecule has 0 atom stereocenters. The number of hydrogen-bond donors (Lipinski definition) is 2. The van der Waals surface area contributed by atoms with Crippen molar-refractivity contribution in [1.82, 2.24) is 19.6 Å². The maximum atomic E-state index is 12.6. The average Bonchev–Trinajstić information content (AvgIpc) is 3.12. The Morgan fingerprint density at radius 2 is 1.67 bits per heavy atom. The van der Waals surface area contributed by atoms with Crippen LogP contribution in [-0.2, 0) is 12.0 Å². The molecule has 0 unspecified atom stereocenters. The smallest absolute Gasteiger partial charge is 0.274 e. The molecule has 4 aromatic rings. The van der Waals surface area contributed by atoms with Crippen LogP contribution in [0.25, 0.3) is 17.2 Å². The van der Waals surface area contributed by atoms with Crippen molar-refractivity contribution < 1.29 is 0 Å². The van der Waals surface area contributed by atoms with Crippen LogP contribution in [-0.4, -0.2) is 19.6 Å². The van der Waals surface area contributed by atoms with E-state index in [0.29, 0.717) is 23.8 Å². The number of benzene rings is 2. The molecular weight excluding hydrogens is 374 g/mol. The Morgan fingerprint density at radius 1 is 1.00 bits per heavy atom. The molecule has 0 amide bonds. The van der Waals surface area contributed by atoms with Crippen molar-refractivity contribution in [3.05, 3.63) is 81.3 Å². The van der Waals surface area contributed by atoms with Crippen molar-refractivity contribution >= 4 is 11.5 Å². The lowest BCUT2D eigenvalue weighted by atomic mass is 9.87. The molecule has 154 valence electrons. The second kappa shape index (κ2) is 7.44. The lowest BCUT2D eigenvalue weighted by Crippen LogP contribution is -2.17. The SMILES string of the molecule is Cc1cccc(C)c1NCc1cc(=O)n2[nH]c(-c3ccc(C(C)(C)C)cc3)nc2n1. The number of H-pyrrole nitrogens is 1. The van der Waals surface area contributed by atoms with Crippen LogP contribution in [0.4, 0.5) is 5.69 Å². The highest BCUT2D eigenvalue weighted by Gasteiger charge is 2.15. The molecular formula is C24H27N5O. The summed E-state index contributed by atoms with van der Waals surface area (Å²) in [5, 5.41) is 6.47. The van der Waals surface area contributed by atoms with Gasteiger partial charge in [0.2, 0.25) is 0 Å². The summed E-state index contributed by atoms with van der Waals surface area (Å²) in [7, 11) is 0. The van der Waals surface area contributed by atoms with Crippen LogP contribution in [0.2, 0.25) is 0 Å². The van der Waals surface area contributed by atoms with Gasteiger partial charge in [-0.05, 0) is 36.0 Å². The zero-order valence-corrected chi connectivity index (χ0v) is 18.1. The van der Waals surface area contributed by atoms with Crippen LogP contribution in [0.3, 0.4) is 0 Å². The van der Waals surface area contributed by atoms with E-state index in [0.717, 1.165) is 22.4 Å². The molecule has 0 saturated carbocycles. The summed E-state index contributed by atoms with van der Waals surface area (Å²) >= 11 is 0. The topological polar surface area (TPSA) is 75.1 Å². The second-order valence-corrected chi connectivity index (χ2v) is 8.74. The quantitative estimate of drug-likeness (QED) is 0.524. The van der Waals surface area contributed by atoms with Gasteiger partial charge in [0.1, 0.15) is 0 Å². The maximum absolute atomic E-state index is 12.6. The normalized spacial score (nSPS) is 11.8. The highest BCUT2D eigenvalue weighted by Crippen LogP contribution is 2.25. The van der Waals surface area contributed by atoms with E-state index in [1.807, 2.05) is 18.2 Å². The highest BCUT2D eigenvalue weighted by atomic mass is 16.1. The minimum absolute atomic E-state index is 0.0856. The number of aromatic amines is 1. The van der Waals surface area contributed by atoms with Crippen LogP contribution < -0.4 is 10.9 Å². The Kier molecular flexibility index (Phi) is 4.94. The number of anilines is 1. The average molecular weight is 402 g/mol. The van der Waals surface area contributed by atoms with E-state index < -0.39 is 0 Å². The molecule has 2 heterocycles. The van der Waals surface area contributed by atoms with Crippen LogP contribution in [0.5, 0.6) is 0 Å². The lowest BCUT2D eigenvalue weighted by molar-refractivity contribution is 0.590. The Balaban J connectivity index is 1.62. The number of nitrogens with one attached hydrogen (secondary N) is 2. The standard InChI is InChI=1S/C24H27N5O/c1-15-7-6-8-16(2)21(15)25-14-19-13-20(30)29-23(26-19)27-22(28-29)17-9-11-18(12-10-17)24(3,4)5/h6-13,25H,14H2,1-5H3,(H,26,27,28). The van der Waals surface area contributed by atoms with E-state index in [4.69, 9.17) is 0 Å². The highest BCUT2D eigenvalue weighted by molar-refractivity contribution is 5.58. The third kappa shape index (κ3) is 3.85. The van der Waals surface area contributed by atoms with E-state index in [9.17, 15) is 4.79 Å². The third-order valence-electron chi connectivity index (χ3n) is 5.34. The Morgan fingerprint density at radius 3 is 2.30 bits per heavy atom. The summed E-state index contributed by atoms with van der Waals surface area (Å²) in [5.74, 6) is 0.996. The van der Waals surface area contributed by atoms with Gasteiger partial charge in [-0.3, -0.25) is 9.89 Å². The third-order valence-corrected chi connectivity index (χ3v) is 5.34. The number of rotatable bonds is 4. The van der Waals surface area contributed by atoms with Crippen molar-refractivity contribution in [2.75, 3.05) is 5.32 Å². The number of hydrogen-bond acceptors (Lipinski definition) is 4. The molecule has 6 nitrogen and oxygen atoms in total. The van der Waals surface area contributed by atoms with Crippen LogP contribution in [0, 0.1) is 13.8 Å². The number of aromatic nitrogens is 4. The lowest BCUT2D eigenvalue weighted by Gasteiger charge is -2.18. The van der Waals surface area contributed by atoms with Gasteiger partial charge in [0.25, 0.3) is 11.3 Å². The minimum atomic E-state index is -0.177. The summed E-state index contributed by atoms with van der Waals surface area (Å²) < 4.78 is 1.38. The van der Waals surface area contributed by atoms with Gasteiger partial charge in [0.15, 0.2) is 5.82 Å². The zero-order chi connectivity index (χ0) is 21.5. The van der Waals surface area contributed by atoms with Gasteiger partial charge in [-0.2, -0.15) is 9.50 Å². The van der Waals surface area contributed by atoms with Crippen molar-refractivity contribution in [2.24, 2.45) is 0 Å². The molecule has 2 aromatic carbocycles. The monoisotopic (exact) mass is 401 g/mol. The molecule has 2 aromatic heterocycles. The molecule has 4 rings (SSSR count). The summed E-state index contributed by atoms with van der Waals surface area (Å²) in [4.78, 5) is 21.7. The number of para-hydroxylation sites is 1. The largest absolute Gasteiger partial charge is 0.379 e. The predicted molar refractivity (Wildman–Crippen MR) is 121 cm³/mol. The molecule has 2 N–H and O–H groups in total. The Bertz CT molecular complexity index is 1240. The molecule has 0 saturated heterocycles. The van der Waals surface area contributed by atoms with Gasteiger partial charge >= 0.3 is 0 Å². The van der Waals surface area contributed by atoms with Crippen molar-refractivity contribution in [3.8, 4) is 11.4 Å². The Labute approximate surface area is 176 Å². The van der Waals surface area contributed by atoms with E-state index in [-0.39, 0.29) is 11.0 Å². The summed E-state index contributed by atoms with van der Waals surface area (Å²) in [6, 6.07) is 15.9. The van der Waals surface area contributed by atoms with Gasteiger partial charge in [0.05, 0.1) is 12.2 Å². The molecule has 30 heavy (non-hydrogen) atoms. The van der Waals surface area contributed by atoms with Gasteiger partial charge < -0.3 is 5.32 Å². The Hall–Kier alpha value is -3.41. The molecule has 0 bridgehead atoms. The van der Waals surface area contributed by atoms with E-state index in [1.165, 1.54) is 16.1 Å². The van der Waals surface area contributed by atoms with E-state index in [1.54, 1.807) is 0 Å². The van der Waals surface area contributed by atoms with Gasteiger partial charge in [-0.15, -0.1) is 0 Å². The van der Waals surface area contributed by atoms with Crippen molar-refractivity contribution in [1.29, 1.82) is 0 Å².